The van der Waals surface area contributed by atoms with Crippen LogP contribution in [0.2, 0.25) is 0 Å². The summed E-state index contributed by atoms with van der Waals surface area (Å²) in [6, 6.07) is 3.87. The fourth-order valence-corrected chi connectivity index (χ4v) is 3.68. The Labute approximate surface area is 99.7 Å². The number of hydrogen-bond acceptors (Lipinski definition) is 3. The Bertz CT molecular complexity index is 380. The summed E-state index contributed by atoms with van der Waals surface area (Å²) in [4.78, 5) is 4.56. The minimum absolute atomic E-state index is 0.368. The predicted molar refractivity (Wildman–Crippen MR) is 66.6 cm³/mol. The van der Waals surface area contributed by atoms with Crippen LogP contribution in [-0.2, 0) is 6.54 Å². The number of furan rings is 1. The maximum atomic E-state index is 5.27. The largest absolute Gasteiger partial charge is 0.467 e. The predicted octanol–water partition coefficient (Wildman–Crippen LogP) is 2.78. The highest BCUT2D eigenvalue weighted by atomic mass is 32.2. The van der Waals surface area contributed by atoms with Gasteiger partial charge in [0, 0.05) is 11.3 Å². The molecule has 0 aromatic carbocycles. The second-order valence-corrected chi connectivity index (χ2v) is 5.57. The van der Waals surface area contributed by atoms with Crippen LogP contribution in [0, 0.1) is 0 Å². The van der Waals surface area contributed by atoms with Crippen LogP contribution in [0.4, 0.5) is 0 Å². The highest BCUT2D eigenvalue weighted by molar-refractivity contribution is 8.14. The SMILES string of the molecule is c1coc(CN=C2NC3(CCCC3)CS2)c1. The van der Waals surface area contributed by atoms with Crippen LogP contribution in [0.1, 0.15) is 31.4 Å². The lowest BCUT2D eigenvalue weighted by atomic mass is 10.0. The van der Waals surface area contributed by atoms with Gasteiger partial charge in [0.05, 0.1) is 12.8 Å². The molecule has 1 aromatic rings. The monoisotopic (exact) mass is 236 g/mol. The van der Waals surface area contributed by atoms with Crippen molar-refractivity contribution >= 4 is 16.9 Å². The zero-order valence-electron chi connectivity index (χ0n) is 9.24. The standard InChI is InChI=1S/C12H16N2OS/c1-2-6-12(5-1)9-16-11(14-12)13-8-10-4-3-7-15-10/h3-4,7H,1-2,5-6,8-9H2,(H,13,14). The molecule has 3 rings (SSSR count). The molecule has 0 unspecified atom stereocenters. The Hall–Kier alpha value is -0.900. The maximum Gasteiger partial charge on any atom is 0.157 e. The normalized spacial score (nSPS) is 25.4. The first-order chi connectivity index (χ1) is 7.86. The Kier molecular flexibility index (Phi) is 2.67. The molecule has 2 fully saturated rings. The van der Waals surface area contributed by atoms with Crippen molar-refractivity contribution in [1.29, 1.82) is 0 Å². The van der Waals surface area contributed by atoms with E-state index in [4.69, 9.17) is 4.42 Å². The topological polar surface area (TPSA) is 37.5 Å². The maximum absolute atomic E-state index is 5.27. The molecule has 4 heteroatoms. The van der Waals surface area contributed by atoms with Gasteiger partial charge in [0.15, 0.2) is 5.17 Å². The van der Waals surface area contributed by atoms with E-state index in [-0.39, 0.29) is 0 Å². The third-order valence-electron chi connectivity index (χ3n) is 3.38. The summed E-state index contributed by atoms with van der Waals surface area (Å²) in [5.74, 6) is 2.12. The van der Waals surface area contributed by atoms with Gasteiger partial charge in [-0.1, -0.05) is 24.6 Å². The summed E-state index contributed by atoms with van der Waals surface area (Å²) >= 11 is 1.86. The second kappa shape index (κ2) is 4.17. The smallest absolute Gasteiger partial charge is 0.157 e. The summed E-state index contributed by atoms with van der Waals surface area (Å²) in [5, 5.41) is 4.70. The van der Waals surface area contributed by atoms with Gasteiger partial charge >= 0.3 is 0 Å². The summed E-state index contributed by atoms with van der Waals surface area (Å²) in [7, 11) is 0. The van der Waals surface area contributed by atoms with E-state index in [1.807, 2.05) is 23.9 Å². The van der Waals surface area contributed by atoms with Crippen molar-refractivity contribution in [1.82, 2.24) is 5.32 Å². The molecule has 1 aliphatic heterocycles. The van der Waals surface area contributed by atoms with Crippen LogP contribution in [0.15, 0.2) is 27.8 Å². The average Bonchev–Trinajstić information content (AvgIpc) is 3.01. The van der Waals surface area contributed by atoms with E-state index < -0.39 is 0 Å². The molecular weight excluding hydrogens is 220 g/mol. The number of aliphatic imine (C=N–C) groups is 1. The number of thioether (sulfide) groups is 1. The molecular formula is C12H16N2OS. The zero-order chi connectivity index (χ0) is 10.8. The molecule has 0 amide bonds. The minimum atomic E-state index is 0.368. The molecule has 1 N–H and O–H groups in total. The first-order valence-electron chi connectivity index (χ1n) is 5.84. The Balaban J connectivity index is 1.62. The van der Waals surface area contributed by atoms with Crippen LogP contribution in [0.25, 0.3) is 0 Å². The van der Waals surface area contributed by atoms with E-state index in [1.165, 1.54) is 31.4 Å². The zero-order valence-corrected chi connectivity index (χ0v) is 10.1. The van der Waals surface area contributed by atoms with Crippen molar-refractivity contribution in [2.45, 2.75) is 37.8 Å². The molecule has 1 aromatic heterocycles. The number of nitrogens with one attached hydrogen (secondary N) is 1. The summed E-state index contributed by atoms with van der Waals surface area (Å²) in [5.41, 5.74) is 0.368. The van der Waals surface area contributed by atoms with Gasteiger partial charge in [-0.2, -0.15) is 0 Å². The fraction of sp³-hybridized carbons (Fsp3) is 0.583. The second-order valence-electron chi connectivity index (χ2n) is 4.60. The van der Waals surface area contributed by atoms with Crippen LogP contribution < -0.4 is 5.32 Å². The molecule has 0 radical (unpaired) electrons. The van der Waals surface area contributed by atoms with E-state index in [9.17, 15) is 0 Å². The van der Waals surface area contributed by atoms with Gasteiger partial charge in [-0.25, -0.2) is 0 Å². The van der Waals surface area contributed by atoms with Crippen LogP contribution in [-0.4, -0.2) is 16.5 Å². The highest BCUT2D eigenvalue weighted by Gasteiger charge is 2.39. The Morgan fingerprint density at radius 1 is 1.44 bits per heavy atom. The summed E-state index contributed by atoms with van der Waals surface area (Å²) in [6.45, 7) is 0.651. The van der Waals surface area contributed by atoms with Crippen LogP contribution >= 0.6 is 11.8 Å². The van der Waals surface area contributed by atoms with Gasteiger partial charge in [0.1, 0.15) is 5.76 Å². The molecule has 0 bridgehead atoms. The molecule has 3 nitrogen and oxygen atoms in total. The van der Waals surface area contributed by atoms with E-state index >= 15 is 0 Å². The number of nitrogens with zero attached hydrogens (tertiary/aromatic N) is 1. The lowest BCUT2D eigenvalue weighted by Crippen LogP contribution is -2.40. The molecule has 1 saturated carbocycles. The van der Waals surface area contributed by atoms with Crippen LogP contribution in [0.3, 0.4) is 0 Å². The van der Waals surface area contributed by atoms with Crippen molar-refractivity contribution in [3.63, 3.8) is 0 Å². The molecule has 16 heavy (non-hydrogen) atoms. The van der Waals surface area contributed by atoms with Crippen LogP contribution in [0.5, 0.6) is 0 Å². The molecule has 1 spiro atoms. The Morgan fingerprint density at radius 3 is 3.06 bits per heavy atom. The molecule has 2 heterocycles. The molecule has 1 aliphatic carbocycles. The fourth-order valence-electron chi connectivity index (χ4n) is 2.46. The molecule has 0 atom stereocenters. The average molecular weight is 236 g/mol. The quantitative estimate of drug-likeness (QED) is 0.858. The third kappa shape index (κ3) is 1.98. The molecule has 2 aliphatic rings. The minimum Gasteiger partial charge on any atom is -0.467 e. The van der Waals surface area contributed by atoms with Crippen molar-refractivity contribution in [2.24, 2.45) is 4.99 Å². The first-order valence-corrected chi connectivity index (χ1v) is 6.83. The van der Waals surface area contributed by atoms with Crippen molar-refractivity contribution < 1.29 is 4.42 Å². The van der Waals surface area contributed by atoms with Gasteiger partial charge in [-0.3, -0.25) is 4.99 Å². The van der Waals surface area contributed by atoms with E-state index in [0.29, 0.717) is 12.1 Å². The van der Waals surface area contributed by atoms with Gasteiger partial charge in [-0.05, 0) is 25.0 Å². The Morgan fingerprint density at radius 2 is 2.31 bits per heavy atom. The van der Waals surface area contributed by atoms with Crippen molar-refractivity contribution in [2.75, 3.05) is 5.75 Å². The summed E-state index contributed by atoms with van der Waals surface area (Å²) in [6.07, 6.45) is 7.03. The van der Waals surface area contributed by atoms with Gasteiger partial charge in [0.25, 0.3) is 0 Å². The third-order valence-corrected chi connectivity index (χ3v) is 4.58. The van der Waals surface area contributed by atoms with Gasteiger partial charge < -0.3 is 9.73 Å². The van der Waals surface area contributed by atoms with Crippen molar-refractivity contribution in [3.05, 3.63) is 24.2 Å². The van der Waals surface area contributed by atoms with E-state index in [1.54, 1.807) is 6.26 Å². The number of hydrogen-bond donors (Lipinski definition) is 1. The van der Waals surface area contributed by atoms with Crippen molar-refractivity contribution in [3.8, 4) is 0 Å². The first kappa shape index (κ1) is 10.3. The lowest BCUT2D eigenvalue weighted by Gasteiger charge is -2.21. The number of amidine groups is 1. The van der Waals surface area contributed by atoms with E-state index in [2.05, 4.69) is 10.3 Å². The lowest BCUT2D eigenvalue weighted by molar-refractivity contribution is 0.452. The summed E-state index contributed by atoms with van der Waals surface area (Å²) < 4.78 is 5.27. The molecule has 86 valence electrons. The highest BCUT2D eigenvalue weighted by Crippen LogP contribution is 2.37. The van der Waals surface area contributed by atoms with Gasteiger partial charge in [-0.15, -0.1) is 0 Å². The molecule has 1 saturated heterocycles. The van der Waals surface area contributed by atoms with E-state index in [0.717, 1.165) is 10.9 Å². The number of rotatable bonds is 2. The van der Waals surface area contributed by atoms with Gasteiger partial charge in [0.2, 0.25) is 0 Å².